The van der Waals surface area contributed by atoms with Gasteiger partial charge in [-0.1, -0.05) is 20.3 Å². The molecule has 1 amide bonds. The first-order valence-electron chi connectivity index (χ1n) is 7.18. The maximum Gasteiger partial charge on any atom is 0.326 e. The minimum absolute atomic E-state index is 0.0626. The Morgan fingerprint density at radius 2 is 2.16 bits per heavy atom. The highest BCUT2D eigenvalue weighted by molar-refractivity contribution is 5.83. The van der Waals surface area contributed by atoms with E-state index in [-0.39, 0.29) is 17.9 Å². The summed E-state index contributed by atoms with van der Waals surface area (Å²) in [5.74, 6) is -1.22. The molecule has 110 valence electrons. The molecule has 19 heavy (non-hydrogen) atoms. The lowest BCUT2D eigenvalue weighted by atomic mass is 9.98. The van der Waals surface area contributed by atoms with Crippen molar-refractivity contribution in [2.45, 2.75) is 64.5 Å². The van der Waals surface area contributed by atoms with Crippen molar-refractivity contribution in [1.82, 2.24) is 5.32 Å². The van der Waals surface area contributed by atoms with Crippen molar-refractivity contribution in [1.29, 1.82) is 0 Å². The molecular weight excluding hydrogens is 246 g/mol. The number of carbonyl (C=O) groups excluding carboxylic acids is 1. The third-order valence-corrected chi connectivity index (χ3v) is 3.76. The second-order valence-corrected chi connectivity index (χ2v) is 5.30. The largest absolute Gasteiger partial charge is 0.480 e. The van der Waals surface area contributed by atoms with E-state index >= 15 is 0 Å². The van der Waals surface area contributed by atoms with Gasteiger partial charge in [0.2, 0.25) is 5.91 Å². The summed E-state index contributed by atoms with van der Waals surface area (Å²) in [4.78, 5) is 22.9. The molecule has 1 fully saturated rings. The predicted molar refractivity (Wildman–Crippen MR) is 71.8 cm³/mol. The standard InChI is InChI=1S/C14H25NO4/c1-3-10(2)13(14(17)18)15-12(16)8-7-11-6-4-5-9-19-11/h10-11,13H,3-9H2,1-2H3,(H,15,16)(H,17,18)/t10-,11?,13-/m0/s1. The summed E-state index contributed by atoms with van der Waals surface area (Å²) in [7, 11) is 0. The van der Waals surface area contributed by atoms with Gasteiger partial charge in [0.05, 0.1) is 6.10 Å². The molecule has 0 radical (unpaired) electrons. The molecule has 1 rings (SSSR count). The van der Waals surface area contributed by atoms with E-state index in [1.165, 1.54) is 0 Å². The Bertz CT molecular complexity index is 300. The first kappa shape index (κ1) is 16.0. The lowest BCUT2D eigenvalue weighted by molar-refractivity contribution is -0.143. The molecule has 0 aromatic rings. The van der Waals surface area contributed by atoms with E-state index < -0.39 is 12.0 Å². The van der Waals surface area contributed by atoms with Crippen LogP contribution >= 0.6 is 0 Å². The summed E-state index contributed by atoms with van der Waals surface area (Å²) in [5, 5.41) is 11.7. The number of amides is 1. The Balaban J connectivity index is 2.33. The summed E-state index contributed by atoms with van der Waals surface area (Å²) in [5.41, 5.74) is 0. The minimum atomic E-state index is -0.961. The molecule has 0 spiro atoms. The Kier molecular flexibility index (Phi) is 6.84. The van der Waals surface area contributed by atoms with Gasteiger partial charge < -0.3 is 15.2 Å². The lowest BCUT2D eigenvalue weighted by Crippen LogP contribution is -2.45. The van der Waals surface area contributed by atoms with Crippen molar-refractivity contribution in [2.24, 2.45) is 5.92 Å². The molecule has 1 unspecified atom stereocenters. The average Bonchev–Trinajstić information content (AvgIpc) is 2.42. The van der Waals surface area contributed by atoms with Crippen molar-refractivity contribution >= 4 is 11.9 Å². The van der Waals surface area contributed by atoms with Crippen LogP contribution in [0.25, 0.3) is 0 Å². The molecule has 3 atom stereocenters. The fourth-order valence-corrected chi connectivity index (χ4v) is 2.26. The number of carboxylic acid groups (broad SMARTS) is 1. The van der Waals surface area contributed by atoms with Gasteiger partial charge in [0.1, 0.15) is 6.04 Å². The van der Waals surface area contributed by atoms with Crippen molar-refractivity contribution in [3.8, 4) is 0 Å². The molecule has 0 bridgehead atoms. The van der Waals surface area contributed by atoms with Crippen LogP contribution in [-0.2, 0) is 14.3 Å². The lowest BCUT2D eigenvalue weighted by Gasteiger charge is -2.23. The maximum atomic E-state index is 11.8. The van der Waals surface area contributed by atoms with Gasteiger partial charge in [0.25, 0.3) is 0 Å². The van der Waals surface area contributed by atoms with E-state index in [1.807, 2.05) is 13.8 Å². The van der Waals surface area contributed by atoms with Gasteiger partial charge in [-0.3, -0.25) is 4.79 Å². The zero-order valence-corrected chi connectivity index (χ0v) is 11.9. The highest BCUT2D eigenvalue weighted by Crippen LogP contribution is 2.17. The number of carboxylic acids is 1. The predicted octanol–water partition coefficient (Wildman–Crippen LogP) is 1.95. The quantitative estimate of drug-likeness (QED) is 0.742. The minimum Gasteiger partial charge on any atom is -0.480 e. The van der Waals surface area contributed by atoms with E-state index in [2.05, 4.69) is 5.32 Å². The smallest absolute Gasteiger partial charge is 0.326 e. The number of hydrogen-bond donors (Lipinski definition) is 2. The number of hydrogen-bond acceptors (Lipinski definition) is 3. The number of carbonyl (C=O) groups is 2. The molecule has 0 aliphatic carbocycles. The third-order valence-electron chi connectivity index (χ3n) is 3.76. The summed E-state index contributed by atoms with van der Waals surface area (Å²) in [6.07, 6.45) is 5.15. The van der Waals surface area contributed by atoms with Crippen molar-refractivity contribution in [3.05, 3.63) is 0 Å². The molecule has 5 nitrogen and oxygen atoms in total. The Hall–Kier alpha value is -1.10. The SMILES string of the molecule is CC[C@H](C)[C@H](NC(=O)CCC1CCCCO1)C(=O)O. The van der Waals surface area contributed by atoms with Crippen molar-refractivity contribution in [2.75, 3.05) is 6.61 Å². The molecule has 0 saturated carbocycles. The van der Waals surface area contributed by atoms with Crippen LogP contribution in [0.2, 0.25) is 0 Å². The van der Waals surface area contributed by atoms with Crippen LogP contribution in [0.3, 0.4) is 0 Å². The van der Waals surface area contributed by atoms with Crippen LogP contribution in [0.1, 0.15) is 52.4 Å². The fourth-order valence-electron chi connectivity index (χ4n) is 2.26. The Morgan fingerprint density at radius 3 is 2.68 bits per heavy atom. The monoisotopic (exact) mass is 271 g/mol. The van der Waals surface area contributed by atoms with Gasteiger partial charge in [0.15, 0.2) is 0 Å². The van der Waals surface area contributed by atoms with E-state index in [1.54, 1.807) is 0 Å². The van der Waals surface area contributed by atoms with Crippen LogP contribution in [0, 0.1) is 5.92 Å². The van der Waals surface area contributed by atoms with Gasteiger partial charge in [-0.2, -0.15) is 0 Å². The second kappa shape index (κ2) is 8.15. The van der Waals surface area contributed by atoms with Gasteiger partial charge in [-0.05, 0) is 31.6 Å². The zero-order valence-electron chi connectivity index (χ0n) is 11.9. The molecule has 1 saturated heterocycles. The summed E-state index contributed by atoms with van der Waals surface area (Å²) < 4.78 is 5.55. The van der Waals surface area contributed by atoms with Crippen molar-refractivity contribution in [3.63, 3.8) is 0 Å². The number of ether oxygens (including phenoxy) is 1. The van der Waals surface area contributed by atoms with Crippen LogP contribution in [0.15, 0.2) is 0 Å². The first-order chi connectivity index (χ1) is 9.04. The topological polar surface area (TPSA) is 75.6 Å². The number of aliphatic carboxylic acids is 1. The first-order valence-corrected chi connectivity index (χ1v) is 7.18. The number of nitrogens with one attached hydrogen (secondary N) is 1. The summed E-state index contributed by atoms with van der Waals surface area (Å²) in [6, 6.07) is -0.787. The van der Waals surface area contributed by atoms with E-state index in [4.69, 9.17) is 9.84 Å². The summed E-state index contributed by atoms with van der Waals surface area (Å²) >= 11 is 0. The molecule has 5 heteroatoms. The Morgan fingerprint density at radius 1 is 1.42 bits per heavy atom. The zero-order chi connectivity index (χ0) is 14.3. The van der Waals surface area contributed by atoms with Crippen LogP contribution < -0.4 is 5.32 Å². The maximum absolute atomic E-state index is 11.8. The average molecular weight is 271 g/mol. The second-order valence-electron chi connectivity index (χ2n) is 5.30. The molecule has 0 aromatic carbocycles. The summed E-state index contributed by atoms with van der Waals surface area (Å²) in [6.45, 7) is 4.53. The van der Waals surface area contributed by atoms with Gasteiger partial charge in [-0.25, -0.2) is 4.79 Å². The highest BCUT2D eigenvalue weighted by Gasteiger charge is 2.25. The molecular formula is C14H25NO4. The third kappa shape index (κ3) is 5.59. The molecule has 2 N–H and O–H groups in total. The van der Waals surface area contributed by atoms with Crippen LogP contribution in [0.5, 0.6) is 0 Å². The van der Waals surface area contributed by atoms with Crippen LogP contribution in [-0.4, -0.2) is 35.7 Å². The van der Waals surface area contributed by atoms with Crippen LogP contribution in [0.4, 0.5) is 0 Å². The molecule has 0 aromatic heterocycles. The van der Waals surface area contributed by atoms with Gasteiger partial charge in [-0.15, -0.1) is 0 Å². The molecule has 1 aliphatic rings. The highest BCUT2D eigenvalue weighted by atomic mass is 16.5. The van der Waals surface area contributed by atoms with Crippen molar-refractivity contribution < 1.29 is 19.4 Å². The molecule has 1 heterocycles. The normalized spacial score (nSPS) is 22.5. The van der Waals surface area contributed by atoms with Gasteiger partial charge >= 0.3 is 5.97 Å². The van der Waals surface area contributed by atoms with E-state index in [0.29, 0.717) is 12.8 Å². The van der Waals surface area contributed by atoms with Gasteiger partial charge in [0, 0.05) is 13.0 Å². The van der Waals surface area contributed by atoms with E-state index in [0.717, 1.165) is 32.3 Å². The fraction of sp³-hybridized carbons (Fsp3) is 0.857. The molecule has 1 aliphatic heterocycles. The van der Waals surface area contributed by atoms with E-state index in [9.17, 15) is 9.59 Å². The Labute approximate surface area is 114 Å². The number of rotatable bonds is 7.